The molecule has 0 aliphatic heterocycles. The summed E-state index contributed by atoms with van der Waals surface area (Å²) in [5, 5.41) is 0. The van der Waals surface area contributed by atoms with Crippen molar-refractivity contribution in [3.63, 3.8) is 0 Å². The molecule has 414 valence electrons. The van der Waals surface area contributed by atoms with Crippen LogP contribution in [0.1, 0.15) is 329 Å². The van der Waals surface area contributed by atoms with Gasteiger partial charge in [-0.15, -0.1) is 0 Å². The number of carbonyl (C=O) groups excluding carboxylic acids is 3. The molecule has 0 N–H and O–H groups in total. The second-order valence-electron chi connectivity index (χ2n) is 21.0. The predicted molar refractivity (Wildman–Crippen MR) is 307 cm³/mol. The first kappa shape index (κ1) is 68.4. The molecule has 0 amide bonds. The lowest BCUT2D eigenvalue weighted by atomic mass is 10.0. The van der Waals surface area contributed by atoms with E-state index < -0.39 is 6.10 Å². The Morgan fingerprint density at radius 1 is 0.282 bits per heavy atom. The van der Waals surface area contributed by atoms with E-state index in [1.54, 1.807) is 0 Å². The van der Waals surface area contributed by atoms with E-state index >= 15 is 0 Å². The Morgan fingerprint density at radius 3 is 0.831 bits per heavy atom. The van der Waals surface area contributed by atoms with Gasteiger partial charge in [0.1, 0.15) is 13.2 Å². The molecular weight excluding hydrogens is 877 g/mol. The monoisotopic (exact) mass is 995 g/mol. The number of esters is 3. The lowest BCUT2D eigenvalue weighted by Crippen LogP contribution is -2.30. The van der Waals surface area contributed by atoms with Crippen LogP contribution >= 0.6 is 0 Å². The van der Waals surface area contributed by atoms with Crippen molar-refractivity contribution in [2.24, 2.45) is 0 Å². The van der Waals surface area contributed by atoms with Crippen molar-refractivity contribution in [3.8, 4) is 0 Å². The molecule has 71 heavy (non-hydrogen) atoms. The number of allylic oxidation sites excluding steroid dienone is 8. The molecule has 6 nitrogen and oxygen atoms in total. The molecule has 0 aliphatic rings. The Morgan fingerprint density at radius 2 is 0.507 bits per heavy atom. The van der Waals surface area contributed by atoms with Crippen molar-refractivity contribution >= 4 is 17.9 Å². The highest BCUT2D eigenvalue weighted by Crippen LogP contribution is 2.17. The van der Waals surface area contributed by atoms with Gasteiger partial charge in [0.2, 0.25) is 0 Å². The van der Waals surface area contributed by atoms with Gasteiger partial charge >= 0.3 is 17.9 Å². The van der Waals surface area contributed by atoms with Crippen LogP contribution in [0.15, 0.2) is 48.6 Å². The van der Waals surface area contributed by atoms with Crippen LogP contribution < -0.4 is 0 Å². The summed E-state index contributed by atoms with van der Waals surface area (Å²) in [6, 6.07) is 0. The van der Waals surface area contributed by atoms with Crippen LogP contribution in [0.2, 0.25) is 0 Å². The summed E-state index contributed by atoms with van der Waals surface area (Å²) in [4.78, 5) is 38.2. The smallest absolute Gasteiger partial charge is 0.306 e. The molecule has 0 bridgehead atoms. The molecule has 0 saturated heterocycles. The van der Waals surface area contributed by atoms with Gasteiger partial charge in [-0.05, 0) is 83.5 Å². The van der Waals surface area contributed by atoms with Crippen LogP contribution in [0, 0.1) is 0 Å². The average Bonchev–Trinajstić information content (AvgIpc) is 3.37. The Hall–Kier alpha value is -2.63. The maximum Gasteiger partial charge on any atom is 0.306 e. The first-order chi connectivity index (χ1) is 35.0. The molecule has 0 aromatic carbocycles. The van der Waals surface area contributed by atoms with E-state index in [1.165, 1.54) is 199 Å². The maximum absolute atomic E-state index is 12.9. The van der Waals surface area contributed by atoms with Crippen LogP contribution in [-0.4, -0.2) is 37.2 Å². The molecule has 0 saturated carbocycles. The SMILES string of the molecule is CCCCC/C=C\C/C=C\C/C=C\CCCCCCCCC(=O)OC(COC(=O)CCCCCCC/C=C\CCCCC)COC(=O)CCCCCCCCCCCCCCCCCCCCCCCC. The number of hydrogen-bond donors (Lipinski definition) is 0. The lowest BCUT2D eigenvalue weighted by molar-refractivity contribution is -0.167. The van der Waals surface area contributed by atoms with E-state index in [2.05, 4.69) is 69.4 Å². The summed E-state index contributed by atoms with van der Waals surface area (Å²) in [7, 11) is 0. The van der Waals surface area contributed by atoms with E-state index in [9.17, 15) is 14.4 Å². The van der Waals surface area contributed by atoms with Crippen molar-refractivity contribution in [2.45, 2.75) is 335 Å². The van der Waals surface area contributed by atoms with Gasteiger partial charge in [-0.3, -0.25) is 14.4 Å². The summed E-state index contributed by atoms with van der Waals surface area (Å²) < 4.78 is 16.9. The van der Waals surface area contributed by atoms with Crippen LogP contribution in [0.25, 0.3) is 0 Å². The number of ether oxygens (including phenoxy) is 3. The van der Waals surface area contributed by atoms with E-state index in [-0.39, 0.29) is 31.1 Å². The quantitative estimate of drug-likeness (QED) is 0.0261. The fraction of sp³-hybridized carbons (Fsp3) is 0.831. The van der Waals surface area contributed by atoms with E-state index in [1.807, 2.05) is 0 Å². The molecule has 0 aromatic rings. The van der Waals surface area contributed by atoms with Crippen molar-refractivity contribution in [1.82, 2.24) is 0 Å². The molecule has 0 heterocycles. The highest BCUT2D eigenvalue weighted by atomic mass is 16.6. The minimum atomic E-state index is -0.782. The van der Waals surface area contributed by atoms with Gasteiger partial charge in [0, 0.05) is 19.3 Å². The van der Waals surface area contributed by atoms with E-state index in [4.69, 9.17) is 14.2 Å². The number of unbranched alkanes of at least 4 members (excludes halogenated alkanes) is 38. The number of hydrogen-bond acceptors (Lipinski definition) is 6. The Kier molecular flexibility index (Phi) is 57.7. The Bertz CT molecular complexity index is 1230. The van der Waals surface area contributed by atoms with Gasteiger partial charge in [0.05, 0.1) is 0 Å². The van der Waals surface area contributed by atoms with Crippen LogP contribution in [-0.2, 0) is 28.6 Å². The minimum absolute atomic E-state index is 0.0779. The normalized spacial score (nSPS) is 12.3. The largest absolute Gasteiger partial charge is 0.462 e. The van der Waals surface area contributed by atoms with Crippen molar-refractivity contribution in [2.75, 3.05) is 13.2 Å². The molecular formula is C65H118O6. The third-order valence-electron chi connectivity index (χ3n) is 13.8. The third-order valence-corrected chi connectivity index (χ3v) is 13.8. The van der Waals surface area contributed by atoms with Gasteiger partial charge < -0.3 is 14.2 Å². The number of carbonyl (C=O) groups is 3. The zero-order chi connectivity index (χ0) is 51.4. The van der Waals surface area contributed by atoms with Crippen LogP contribution in [0.4, 0.5) is 0 Å². The summed E-state index contributed by atoms with van der Waals surface area (Å²) in [5.74, 6) is -0.882. The van der Waals surface area contributed by atoms with Crippen molar-refractivity contribution < 1.29 is 28.6 Å². The first-order valence-corrected chi connectivity index (χ1v) is 31.1. The van der Waals surface area contributed by atoms with Crippen molar-refractivity contribution in [3.05, 3.63) is 48.6 Å². The van der Waals surface area contributed by atoms with Gasteiger partial charge in [-0.25, -0.2) is 0 Å². The highest BCUT2D eigenvalue weighted by molar-refractivity contribution is 5.71. The molecule has 0 rings (SSSR count). The molecule has 0 spiro atoms. The van der Waals surface area contributed by atoms with Gasteiger partial charge in [-0.1, -0.05) is 275 Å². The molecule has 0 aromatic heterocycles. The van der Waals surface area contributed by atoms with E-state index in [0.29, 0.717) is 19.3 Å². The Balaban J connectivity index is 4.30. The van der Waals surface area contributed by atoms with Gasteiger partial charge in [-0.2, -0.15) is 0 Å². The second-order valence-corrected chi connectivity index (χ2v) is 21.0. The molecule has 0 aliphatic carbocycles. The third kappa shape index (κ3) is 58.1. The Labute approximate surface area is 441 Å². The summed E-state index contributed by atoms with van der Waals surface area (Å²) in [5.41, 5.74) is 0. The van der Waals surface area contributed by atoms with Crippen LogP contribution in [0.5, 0.6) is 0 Å². The van der Waals surface area contributed by atoms with E-state index in [0.717, 1.165) is 89.9 Å². The highest BCUT2D eigenvalue weighted by Gasteiger charge is 2.19. The lowest BCUT2D eigenvalue weighted by Gasteiger charge is -2.18. The summed E-state index contributed by atoms with van der Waals surface area (Å²) in [6.45, 7) is 6.62. The molecule has 1 atom stereocenters. The molecule has 6 heteroatoms. The summed E-state index contributed by atoms with van der Waals surface area (Å²) in [6.07, 6.45) is 74.0. The van der Waals surface area contributed by atoms with Crippen LogP contribution in [0.3, 0.4) is 0 Å². The van der Waals surface area contributed by atoms with Gasteiger partial charge in [0.25, 0.3) is 0 Å². The second kappa shape index (κ2) is 59.9. The fourth-order valence-electron chi connectivity index (χ4n) is 9.09. The number of rotatable bonds is 57. The molecule has 0 fully saturated rings. The zero-order valence-electron chi connectivity index (χ0n) is 47.5. The topological polar surface area (TPSA) is 78.9 Å². The maximum atomic E-state index is 12.9. The summed E-state index contributed by atoms with van der Waals surface area (Å²) >= 11 is 0. The zero-order valence-corrected chi connectivity index (χ0v) is 47.5. The first-order valence-electron chi connectivity index (χ1n) is 31.1. The fourth-order valence-corrected chi connectivity index (χ4v) is 9.09. The van der Waals surface area contributed by atoms with Crippen molar-refractivity contribution in [1.29, 1.82) is 0 Å². The van der Waals surface area contributed by atoms with Gasteiger partial charge in [0.15, 0.2) is 6.10 Å². The standard InChI is InChI=1S/C65H118O6/c1-4-7-10-13-16-19-22-25-27-29-31-32-33-35-36-38-40-43-46-49-52-55-58-64(67)70-61-62(60-69-63(66)57-54-51-48-45-42-24-21-18-15-12-9-6-3)71-65(68)59-56-53-50-47-44-41-39-37-34-30-28-26-23-20-17-14-11-8-5-2/h17-18,20-21,26,28,34,37,62H,4-16,19,22-25,27,29-33,35-36,38-61H2,1-3H3/b20-17-,21-18-,28-26-,37-34-. The molecule has 1 unspecified atom stereocenters. The average molecular weight is 996 g/mol. The minimum Gasteiger partial charge on any atom is -0.462 e. The predicted octanol–water partition coefficient (Wildman–Crippen LogP) is 21.0. The molecule has 0 radical (unpaired) electrons.